The first-order valence-electron chi connectivity index (χ1n) is 12.7. The van der Waals surface area contributed by atoms with E-state index in [1.807, 2.05) is 54.4 Å². The maximum absolute atomic E-state index is 13.3. The van der Waals surface area contributed by atoms with Crippen LogP contribution < -0.4 is 15.4 Å². The van der Waals surface area contributed by atoms with Crippen molar-refractivity contribution in [3.05, 3.63) is 88.7 Å². The molecule has 2 heterocycles. The van der Waals surface area contributed by atoms with Gasteiger partial charge in [-0.3, -0.25) is 4.79 Å². The first-order valence-corrected chi connectivity index (χ1v) is 13.1. The van der Waals surface area contributed by atoms with Gasteiger partial charge in [-0.1, -0.05) is 41.9 Å². The molecule has 0 radical (unpaired) electrons. The van der Waals surface area contributed by atoms with Gasteiger partial charge in [0.05, 0.1) is 17.2 Å². The van der Waals surface area contributed by atoms with Crippen LogP contribution in [-0.2, 0) is 13.0 Å². The fourth-order valence-electron chi connectivity index (χ4n) is 4.39. The summed E-state index contributed by atoms with van der Waals surface area (Å²) in [4.78, 5) is 26.1. The van der Waals surface area contributed by atoms with Crippen molar-refractivity contribution in [3.8, 4) is 5.75 Å². The van der Waals surface area contributed by atoms with Gasteiger partial charge in [0, 0.05) is 44.3 Å². The van der Waals surface area contributed by atoms with E-state index in [1.54, 1.807) is 18.5 Å². The number of fused-ring (bicyclic) bond motifs is 1. The molecule has 0 saturated carbocycles. The Morgan fingerprint density at radius 2 is 1.87 bits per heavy atom. The smallest absolute Gasteiger partial charge is 0.166 e. The molecule has 8 heteroatoms. The molecule has 0 aliphatic heterocycles. The Balaban J connectivity index is 1.43. The predicted molar refractivity (Wildman–Crippen MR) is 155 cm³/mol. The summed E-state index contributed by atoms with van der Waals surface area (Å²) in [6.45, 7) is 2.22. The maximum atomic E-state index is 13.3. The Bertz CT molecular complexity index is 1410. The second-order valence-electron chi connectivity index (χ2n) is 9.71. The maximum Gasteiger partial charge on any atom is 0.166 e. The van der Waals surface area contributed by atoms with E-state index in [4.69, 9.17) is 22.1 Å². The molecule has 2 aromatic heterocycles. The first kappa shape index (κ1) is 27.4. The van der Waals surface area contributed by atoms with E-state index in [1.165, 1.54) is 0 Å². The summed E-state index contributed by atoms with van der Waals surface area (Å²) >= 11 is 6.25. The monoisotopic (exact) mass is 531 g/mol. The fraction of sp³-hybridized carbons (Fsp3) is 0.300. The molecule has 0 spiro atoms. The molecule has 4 aromatic rings. The average Bonchev–Trinajstić information content (AvgIpc) is 2.90. The molecule has 4 rings (SSSR count). The van der Waals surface area contributed by atoms with Crippen molar-refractivity contribution in [1.82, 2.24) is 14.9 Å². The Hall–Kier alpha value is -3.68. The van der Waals surface area contributed by atoms with Crippen LogP contribution in [0, 0.1) is 0 Å². The number of rotatable bonds is 12. The Morgan fingerprint density at radius 1 is 1.03 bits per heavy atom. The molecule has 0 aliphatic rings. The van der Waals surface area contributed by atoms with Gasteiger partial charge >= 0.3 is 0 Å². The Labute approximate surface area is 229 Å². The molecule has 0 bridgehead atoms. The minimum atomic E-state index is -0.00540. The molecular weight excluding hydrogens is 498 g/mol. The lowest BCUT2D eigenvalue weighted by molar-refractivity contribution is 0.0983. The number of Topliss-reactive ketones (excluding diaryl/α,β-unsaturated/α-hetero) is 1. The third-order valence-electron chi connectivity index (χ3n) is 6.33. The van der Waals surface area contributed by atoms with Crippen LogP contribution in [0.4, 0.5) is 11.6 Å². The highest BCUT2D eigenvalue weighted by atomic mass is 35.5. The van der Waals surface area contributed by atoms with E-state index in [0.717, 1.165) is 40.6 Å². The molecule has 198 valence electrons. The van der Waals surface area contributed by atoms with Crippen molar-refractivity contribution >= 4 is 39.8 Å². The number of nitrogen functional groups attached to an aromatic ring is 1. The average molecular weight is 532 g/mol. The number of aryl methyl sites for hydroxylation is 1. The van der Waals surface area contributed by atoms with E-state index < -0.39 is 0 Å². The zero-order chi connectivity index (χ0) is 27.1. The topological polar surface area (TPSA) is 84.6 Å². The van der Waals surface area contributed by atoms with Crippen LogP contribution in [0.5, 0.6) is 5.75 Å². The minimum absolute atomic E-state index is 0.00540. The van der Waals surface area contributed by atoms with Gasteiger partial charge in [0.25, 0.3) is 0 Å². The van der Waals surface area contributed by atoms with Crippen LogP contribution in [0.25, 0.3) is 10.8 Å². The molecule has 0 atom stereocenters. The normalized spacial score (nSPS) is 11.2. The number of nitrogens with zero attached hydrogens (tertiary/aromatic N) is 4. The summed E-state index contributed by atoms with van der Waals surface area (Å²) in [7, 11) is 6.04. The fourth-order valence-corrected chi connectivity index (χ4v) is 4.55. The van der Waals surface area contributed by atoms with E-state index in [-0.39, 0.29) is 5.78 Å². The quantitative estimate of drug-likeness (QED) is 0.187. The molecule has 2 N–H and O–H groups in total. The number of nitrogens with two attached hydrogens (primary N) is 1. The van der Waals surface area contributed by atoms with Crippen molar-refractivity contribution in [2.45, 2.75) is 25.8 Å². The summed E-state index contributed by atoms with van der Waals surface area (Å²) in [6, 6.07) is 17.7. The first-order chi connectivity index (χ1) is 18.3. The van der Waals surface area contributed by atoms with Crippen LogP contribution in [0.15, 0.2) is 67.0 Å². The molecule has 0 fully saturated rings. The number of carbonyl (C=O) groups is 1. The van der Waals surface area contributed by atoms with Crippen LogP contribution in [0.1, 0.15) is 34.3 Å². The molecule has 2 aromatic carbocycles. The molecule has 0 saturated heterocycles. The molecule has 0 aliphatic carbocycles. The van der Waals surface area contributed by atoms with Gasteiger partial charge in [0.2, 0.25) is 0 Å². The van der Waals surface area contributed by atoms with Gasteiger partial charge in [-0.15, -0.1) is 0 Å². The van der Waals surface area contributed by atoms with Crippen molar-refractivity contribution in [2.75, 3.05) is 44.9 Å². The van der Waals surface area contributed by atoms with E-state index >= 15 is 0 Å². The number of benzene rings is 2. The van der Waals surface area contributed by atoms with Crippen molar-refractivity contribution in [3.63, 3.8) is 0 Å². The zero-order valence-corrected chi connectivity index (χ0v) is 22.9. The third-order valence-corrected chi connectivity index (χ3v) is 6.54. The number of hydrogen-bond donors (Lipinski definition) is 1. The number of halogens is 1. The lowest BCUT2D eigenvalue weighted by Gasteiger charge is -2.21. The summed E-state index contributed by atoms with van der Waals surface area (Å²) < 4.78 is 5.93. The van der Waals surface area contributed by atoms with E-state index in [0.29, 0.717) is 48.2 Å². The van der Waals surface area contributed by atoms with Crippen LogP contribution in [0.3, 0.4) is 0 Å². The number of aromatic nitrogens is 2. The largest absolute Gasteiger partial charge is 0.494 e. The Morgan fingerprint density at radius 3 is 2.68 bits per heavy atom. The van der Waals surface area contributed by atoms with Crippen molar-refractivity contribution < 1.29 is 9.53 Å². The summed E-state index contributed by atoms with van der Waals surface area (Å²) in [5.41, 5.74) is 8.61. The van der Waals surface area contributed by atoms with E-state index in [2.05, 4.69) is 35.0 Å². The molecular formula is C30H34ClN5O2. The highest BCUT2D eigenvalue weighted by molar-refractivity contribution is 6.31. The summed E-state index contributed by atoms with van der Waals surface area (Å²) in [5, 5.41) is 2.36. The zero-order valence-electron chi connectivity index (χ0n) is 22.2. The number of anilines is 2. The third kappa shape index (κ3) is 7.21. The van der Waals surface area contributed by atoms with Gasteiger partial charge < -0.3 is 20.3 Å². The number of ketones is 1. The summed E-state index contributed by atoms with van der Waals surface area (Å²) in [6.07, 6.45) is 5.17. The highest BCUT2D eigenvalue weighted by Gasteiger charge is 2.18. The Kier molecular flexibility index (Phi) is 9.15. The SMILES string of the molecule is CN(C)CCCOc1cccc(CN(C)c2ncc(Cl)cc2C(=O)CCc2ccc3c(N)nccc3c2)c1. The van der Waals surface area contributed by atoms with Crippen molar-refractivity contribution in [2.24, 2.45) is 0 Å². The number of ether oxygens (including phenoxy) is 1. The van der Waals surface area contributed by atoms with E-state index in [9.17, 15) is 4.79 Å². The van der Waals surface area contributed by atoms with Gasteiger partial charge in [0.15, 0.2) is 5.78 Å². The van der Waals surface area contributed by atoms with Gasteiger partial charge in [-0.2, -0.15) is 0 Å². The van der Waals surface area contributed by atoms with Crippen LogP contribution in [0.2, 0.25) is 5.02 Å². The number of pyridine rings is 2. The van der Waals surface area contributed by atoms with Crippen molar-refractivity contribution in [1.29, 1.82) is 0 Å². The number of carbonyl (C=O) groups excluding carboxylic acids is 1. The van der Waals surface area contributed by atoms with Gasteiger partial charge in [-0.25, -0.2) is 9.97 Å². The van der Waals surface area contributed by atoms with Crippen LogP contribution in [-0.4, -0.2) is 54.9 Å². The second-order valence-corrected chi connectivity index (χ2v) is 10.1. The highest BCUT2D eigenvalue weighted by Crippen LogP contribution is 2.26. The molecule has 38 heavy (non-hydrogen) atoms. The standard InChI is InChI=1S/C30H34ClN5O2/c1-35(2)14-5-15-38-25-7-4-6-22(17-25)20-36(3)30-27(18-24(31)19-34-30)28(37)11-9-21-8-10-26-23(16-21)12-13-33-29(26)32/h4,6-8,10,12-13,16-19H,5,9,11,14-15,20H2,1-3H3,(H2,32,33). The molecule has 0 amide bonds. The minimum Gasteiger partial charge on any atom is -0.494 e. The molecule has 7 nitrogen and oxygen atoms in total. The number of hydrogen-bond acceptors (Lipinski definition) is 7. The summed E-state index contributed by atoms with van der Waals surface area (Å²) in [5.74, 6) is 1.94. The van der Waals surface area contributed by atoms with Gasteiger partial charge in [-0.05, 0) is 67.7 Å². The second kappa shape index (κ2) is 12.7. The van der Waals surface area contributed by atoms with Crippen LogP contribution >= 0.6 is 11.6 Å². The lowest BCUT2D eigenvalue weighted by Crippen LogP contribution is -2.21. The lowest BCUT2D eigenvalue weighted by atomic mass is 10.0. The molecule has 0 unspecified atom stereocenters. The van der Waals surface area contributed by atoms with Gasteiger partial charge in [0.1, 0.15) is 17.4 Å². The predicted octanol–water partition coefficient (Wildman–Crippen LogP) is 5.65.